The number of hydrogen-bond donors (Lipinski definition) is 3. The van der Waals surface area contributed by atoms with E-state index in [1.54, 1.807) is 60.7 Å². The molecule has 30 heavy (non-hydrogen) atoms. The maximum atomic E-state index is 13.3. The molecule has 4 N–H and O–H groups in total. The fraction of sp³-hybridized carbons (Fsp3) is 0. The number of halogens is 1. The highest BCUT2D eigenvalue weighted by atomic mass is 35.5. The van der Waals surface area contributed by atoms with Gasteiger partial charge in [-0.3, -0.25) is 9.93 Å². The second kappa shape index (κ2) is 7.83. The third kappa shape index (κ3) is 4.02. The van der Waals surface area contributed by atoms with Gasteiger partial charge >= 0.3 is 0 Å². The predicted molar refractivity (Wildman–Crippen MR) is 123 cm³/mol. The van der Waals surface area contributed by atoms with E-state index in [4.69, 9.17) is 17.3 Å². The molecule has 3 aromatic carbocycles. The number of benzene rings is 3. The minimum Gasteiger partial charge on any atom is -0.399 e. The summed E-state index contributed by atoms with van der Waals surface area (Å²) in [6.45, 7) is 0. The molecule has 0 aliphatic carbocycles. The number of fused-ring (bicyclic) bond motifs is 1. The Morgan fingerprint density at radius 1 is 1.00 bits per heavy atom. The van der Waals surface area contributed by atoms with Crippen LogP contribution in [-0.4, -0.2) is 25.3 Å². The fourth-order valence-electron chi connectivity index (χ4n) is 2.86. The molecule has 0 aliphatic heterocycles. The predicted octanol–water partition coefficient (Wildman–Crippen LogP) is 4.50. The maximum absolute atomic E-state index is 13.3. The zero-order valence-corrected chi connectivity index (χ0v) is 17.3. The lowest BCUT2D eigenvalue weighted by atomic mass is 10.2. The highest BCUT2D eigenvalue weighted by Crippen LogP contribution is 2.31. The molecule has 1 atom stereocenters. The van der Waals surface area contributed by atoms with Gasteiger partial charge in [-0.05, 0) is 60.5 Å². The molecule has 0 saturated heterocycles. The highest BCUT2D eigenvalue weighted by Gasteiger charge is 2.20. The lowest BCUT2D eigenvalue weighted by Gasteiger charge is -2.21. The van der Waals surface area contributed by atoms with E-state index in [0.29, 0.717) is 32.3 Å². The largest absolute Gasteiger partial charge is 0.399 e. The first-order valence-electron chi connectivity index (χ1n) is 8.85. The van der Waals surface area contributed by atoms with Crippen LogP contribution < -0.4 is 15.5 Å². The third-order valence-electron chi connectivity index (χ3n) is 4.32. The van der Waals surface area contributed by atoms with Crippen molar-refractivity contribution in [3.05, 3.63) is 77.8 Å². The van der Waals surface area contributed by atoms with E-state index < -0.39 is 9.71 Å². The molecule has 4 rings (SSSR count). The molecule has 7 nitrogen and oxygen atoms in total. The van der Waals surface area contributed by atoms with Crippen molar-refractivity contribution in [3.8, 4) is 0 Å². The van der Waals surface area contributed by atoms with E-state index >= 15 is 0 Å². The first-order valence-corrected chi connectivity index (χ1v) is 11.0. The molecule has 1 unspecified atom stereocenters. The van der Waals surface area contributed by atoms with E-state index in [-0.39, 0.29) is 11.6 Å². The van der Waals surface area contributed by atoms with Crippen molar-refractivity contribution < 1.29 is 9.42 Å². The van der Waals surface area contributed by atoms with Crippen LogP contribution in [0.5, 0.6) is 0 Å². The Morgan fingerprint density at radius 2 is 1.67 bits per heavy atom. The normalized spacial score (nSPS) is 13.0. The number of nitrogen functional groups attached to an aromatic ring is 1. The Hall–Kier alpha value is -3.33. The summed E-state index contributed by atoms with van der Waals surface area (Å²) in [6, 6.07) is 20.3. The molecule has 152 valence electrons. The fourth-order valence-corrected chi connectivity index (χ4v) is 4.12. The Labute approximate surface area is 178 Å². The van der Waals surface area contributed by atoms with Crippen molar-refractivity contribution in [2.75, 3.05) is 15.5 Å². The van der Waals surface area contributed by atoms with Crippen molar-refractivity contribution in [1.82, 2.24) is 9.97 Å². The summed E-state index contributed by atoms with van der Waals surface area (Å²) >= 11 is 5.93. The molecule has 4 aromatic rings. The first-order chi connectivity index (χ1) is 14.3. The Morgan fingerprint density at radius 3 is 2.33 bits per heavy atom. The topological polar surface area (TPSA) is 104 Å². The molecule has 0 bridgehead atoms. The number of hydrogen-bond acceptors (Lipinski definition) is 6. The van der Waals surface area contributed by atoms with Crippen LogP contribution in [0, 0.1) is 0 Å². The van der Waals surface area contributed by atoms with E-state index in [1.807, 2.05) is 12.1 Å². The molecule has 0 spiro atoms. The van der Waals surface area contributed by atoms with E-state index in [9.17, 15) is 9.42 Å². The van der Waals surface area contributed by atoms with Crippen molar-refractivity contribution in [2.24, 2.45) is 0 Å². The average molecular weight is 440 g/mol. The number of para-hydroxylation sites is 2. The third-order valence-corrected chi connectivity index (χ3v) is 6.13. The first kappa shape index (κ1) is 20.0. The van der Waals surface area contributed by atoms with Crippen molar-refractivity contribution in [2.45, 2.75) is 4.90 Å². The van der Waals surface area contributed by atoms with Gasteiger partial charge in [-0.1, -0.05) is 29.8 Å². The van der Waals surface area contributed by atoms with E-state index in [0.717, 1.165) is 5.06 Å². The molecule has 1 heterocycles. The summed E-state index contributed by atoms with van der Waals surface area (Å²) in [5, 5.41) is 12.2. The summed E-state index contributed by atoms with van der Waals surface area (Å²) in [7, 11) is -3.02. The second-order valence-electron chi connectivity index (χ2n) is 6.52. The zero-order chi connectivity index (χ0) is 21.3. The van der Waals surface area contributed by atoms with Crippen LogP contribution in [0.4, 0.5) is 23.0 Å². The molecular weight excluding hydrogens is 422 g/mol. The van der Waals surface area contributed by atoms with Crippen LogP contribution in [-0.2, 0) is 9.71 Å². The van der Waals surface area contributed by atoms with Gasteiger partial charge in [-0.15, -0.1) is 0 Å². The number of rotatable bonds is 5. The molecular formula is C21H18ClN5O2S. The number of aromatic nitrogens is 2. The average Bonchev–Trinajstić information content (AvgIpc) is 2.73. The van der Waals surface area contributed by atoms with Crippen molar-refractivity contribution >= 4 is 61.2 Å². The van der Waals surface area contributed by atoms with Gasteiger partial charge in [0.25, 0.3) is 0 Å². The van der Waals surface area contributed by atoms with Gasteiger partial charge in [0.2, 0.25) is 5.82 Å². The number of anilines is 4. The van der Waals surface area contributed by atoms with Gasteiger partial charge in [0, 0.05) is 15.6 Å². The number of nitrogens with two attached hydrogens (primary N) is 1. The summed E-state index contributed by atoms with van der Waals surface area (Å²) in [5.74, 6) is 3.98. The number of nitrogens with one attached hydrogen (secondary N) is 1. The summed E-state index contributed by atoms with van der Waals surface area (Å²) in [6.07, 6.45) is 0. The highest BCUT2D eigenvalue weighted by molar-refractivity contribution is 8.01. The standard InChI is InChI=1S/C21H18ClN5O2S/c1-30(29,17-11-9-14(22)10-12-17)26-20-21(25-19-8-3-2-7-18(19)24-20)27(28)16-6-4-5-15(23)13-16/h2-13,28H,1,23H2,(H,24,26,29). The molecule has 1 aromatic heterocycles. The van der Waals surface area contributed by atoms with Crippen LogP contribution in [0.15, 0.2) is 77.7 Å². The monoisotopic (exact) mass is 439 g/mol. The smallest absolute Gasteiger partial charge is 0.202 e. The van der Waals surface area contributed by atoms with Crippen LogP contribution >= 0.6 is 11.6 Å². The molecule has 0 aliphatic rings. The number of nitrogens with zero attached hydrogens (tertiary/aromatic N) is 3. The van der Waals surface area contributed by atoms with Crippen molar-refractivity contribution in [3.63, 3.8) is 0 Å². The van der Waals surface area contributed by atoms with E-state index in [1.165, 1.54) is 0 Å². The second-order valence-corrected chi connectivity index (χ2v) is 8.99. The van der Waals surface area contributed by atoms with Gasteiger partial charge in [-0.25, -0.2) is 19.2 Å². The summed E-state index contributed by atoms with van der Waals surface area (Å²) in [4.78, 5) is 9.46. The Kier molecular flexibility index (Phi) is 5.21. The van der Waals surface area contributed by atoms with Crippen LogP contribution in [0.3, 0.4) is 0 Å². The Balaban J connectivity index is 1.83. The molecule has 0 amide bonds. The van der Waals surface area contributed by atoms with Gasteiger partial charge in [-0.2, -0.15) is 0 Å². The van der Waals surface area contributed by atoms with E-state index in [2.05, 4.69) is 20.6 Å². The quantitative estimate of drug-likeness (QED) is 0.240. The van der Waals surface area contributed by atoms with Gasteiger partial charge in [0.1, 0.15) is 0 Å². The molecule has 0 fully saturated rings. The lowest BCUT2D eigenvalue weighted by molar-refractivity contribution is 0.298. The molecule has 0 radical (unpaired) electrons. The van der Waals surface area contributed by atoms with Crippen molar-refractivity contribution in [1.29, 1.82) is 0 Å². The Bertz CT molecular complexity index is 1330. The zero-order valence-electron chi connectivity index (χ0n) is 15.7. The SMILES string of the molecule is C=S(=O)(Nc1nc2ccccc2nc1N(O)c1cccc(N)c1)c1ccc(Cl)cc1. The minimum atomic E-state index is -3.02. The molecule has 9 heteroatoms. The lowest BCUT2D eigenvalue weighted by Crippen LogP contribution is -2.20. The maximum Gasteiger partial charge on any atom is 0.202 e. The van der Waals surface area contributed by atoms with Gasteiger partial charge in [0.05, 0.1) is 26.4 Å². The summed E-state index contributed by atoms with van der Waals surface area (Å²) < 4.78 is 16.2. The van der Waals surface area contributed by atoms with Gasteiger partial charge < -0.3 is 5.73 Å². The molecule has 0 saturated carbocycles. The van der Waals surface area contributed by atoms with Crippen LogP contribution in [0.25, 0.3) is 11.0 Å². The summed E-state index contributed by atoms with van der Waals surface area (Å²) in [5.41, 5.74) is 7.81. The van der Waals surface area contributed by atoms with Crippen LogP contribution in [0.1, 0.15) is 0 Å². The van der Waals surface area contributed by atoms with Crippen LogP contribution in [0.2, 0.25) is 5.02 Å². The minimum absolute atomic E-state index is 0.0599. The van der Waals surface area contributed by atoms with Gasteiger partial charge in [0.15, 0.2) is 5.82 Å².